The SMILES string of the molecule is CC1(CNc2nc(N)ncc2Br)CCOCC1. The van der Waals surface area contributed by atoms with Gasteiger partial charge >= 0.3 is 0 Å². The lowest BCUT2D eigenvalue weighted by molar-refractivity contribution is 0.0299. The average molecular weight is 301 g/mol. The Labute approximate surface area is 109 Å². The van der Waals surface area contributed by atoms with E-state index >= 15 is 0 Å². The van der Waals surface area contributed by atoms with Crippen LogP contribution in [0.25, 0.3) is 0 Å². The molecule has 0 aromatic carbocycles. The number of aromatic nitrogens is 2. The van der Waals surface area contributed by atoms with Gasteiger partial charge in [-0.3, -0.25) is 0 Å². The summed E-state index contributed by atoms with van der Waals surface area (Å²) < 4.78 is 6.21. The molecule has 0 unspecified atom stereocenters. The van der Waals surface area contributed by atoms with Gasteiger partial charge in [0.2, 0.25) is 5.95 Å². The third-order valence-electron chi connectivity index (χ3n) is 3.15. The zero-order valence-electron chi connectivity index (χ0n) is 9.87. The van der Waals surface area contributed by atoms with E-state index in [1.807, 2.05) is 0 Å². The molecule has 0 radical (unpaired) electrons. The molecule has 0 bridgehead atoms. The number of hydrogen-bond acceptors (Lipinski definition) is 5. The molecule has 5 nitrogen and oxygen atoms in total. The maximum absolute atomic E-state index is 5.57. The van der Waals surface area contributed by atoms with Crippen LogP contribution in [0.15, 0.2) is 10.7 Å². The van der Waals surface area contributed by atoms with Crippen LogP contribution in [0.5, 0.6) is 0 Å². The maximum atomic E-state index is 5.57. The van der Waals surface area contributed by atoms with Crippen molar-refractivity contribution in [2.45, 2.75) is 19.8 Å². The Balaban J connectivity index is 1.99. The third kappa shape index (κ3) is 3.29. The standard InChI is InChI=1S/C11H17BrN4O/c1-11(2-4-17-5-3-11)7-15-9-8(12)6-14-10(13)16-9/h6H,2-5,7H2,1H3,(H3,13,14,15,16). The Morgan fingerprint density at radius 2 is 2.24 bits per heavy atom. The van der Waals surface area contributed by atoms with Crippen molar-refractivity contribution in [1.82, 2.24) is 9.97 Å². The Morgan fingerprint density at radius 1 is 1.53 bits per heavy atom. The molecule has 2 rings (SSSR count). The number of nitrogens with zero attached hydrogens (tertiary/aromatic N) is 2. The molecule has 94 valence electrons. The first kappa shape index (κ1) is 12.6. The summed E-state index contributed by atoms with van der Waals surface area (Å²) in [4.78, 5) is 8.08. The lowest BCUT2D eigenvalue weighted by atomic mass is 9.82. The predicted molar refractivity (Wildman–Crippen MR) is 70.8 cm³/mol. The number of rotatable bonds is 3. The number of hydrogen-bond donors (Lipinski definition) is 2. The van der Waals surface area contributed by atoms with Crippen molar-refractivity contribution in [3.63, 3.8) is 0 Å². The van der Waals surface area contributed by atoms with Crippen LogP contribution in [0.4, 0.5) is 11.8 Å². The molecule has 1 saturated heterocycles. The molecule has 1 fully saturated rings. The van der Waals surface area contributed by atoms with Crippen LogP contribution >= 0.6 is 15.9 Å². The van der Waals surface area contributed by atoms with E-state index in [2.05, 4.69) is 38.1 Å². The number of ether oxygens (including phenoxy) is 1. The zero-order valence-corrected chi connectivity index (χ0v) is 11.5. The highest BCUT2D eigenvalue weighted by molar-refractivity contribution is 9.10. The van der Waals surface area contributed by atoms with Crippen molar-refractivity contribution < 1.29 is 4.74 Å². The molecule has 17 heavy (non-hydrogen) atoms. The van der Waals surface area contributed by atoms with Crippen LogP contribution in [-0.4, -0.2) is 29.7 Å². The van der Waals surface area contributed by atoms with E-state index in [0.717, 1.165) is 42.9 Å². The van der Waals surface area contributed by atoms with Gasteiger partial charge in [-0.05, 0) is 34.2 Å². The molecule has 1 aliphatic heterocycles. The highest BCUT2D eigenvalue weighted by Gasteiger charge is 2.27. The van der Waals surface area contributed by atoms with Crippen molar-refractivity contribution in [1.29, 1.82) is 0 Å². The summed E-state index contributed by atoms with van der Waals surface area (Å²) in [6.07, 6.45) is 3.80. The molecule has 1 aromatic heterocycles. The van der Waals surface area contributed by atoms with E-state index in [0.29, 0.717) is 0 Å². The minimum Gasteiger partial charge on any atom is -0.381 e. The van der Waals surface area contributed by atoms with Gasteiger partial charge in [0.25, 0.3) is 0 Å². The second-order valence-corrected chi connectivity index (χ2v) is 5.56. The number of anilines is 2. The van der Waals surface area contributed by atoms with Gasteiger partial charge in [-0.2, -0.15) is 4.98 Å². The summed E-state index contributed by atoms with van der Waals surface area (Å²) in [6.45, 7) is 4.81. The fourth-order valence-electron chi connectivity index (χ4n) is 1.84. The molecule has 3 N–H and O–H groups in total. The molecule has 0 spiro atoms. The molecule has 0 atom stereocenters. The summed E-state index contributed by atoms with van der Waals surface area (Å²) in [5.74, 6) is 1.04. The van der Waals surface area contributed by atoms with Crippen LogP contribution in [-0.2, 0) is 4.74 Å². The summed E-state index contributed by atoms with van der Waals surface area (Å²) >= 11 is 3.41. The Bertz CT molecular complexity index is 393. The highest BCUT2D eigenvalue weighted by atomic mass is 79.9. The van der Waals surface area contributed by atoms with E-state index in [4.69, 9.17) is 10.5 Å². The zero-order chi connectivity index (χ0) is 12.3. The molecule has 2 heterocycles. The Kier molecular flexibility index (Phi) is 3.83. The van der Waals surface area contributed by atoms with Crippen LogP contribution < -0.4 is 11.1 Å². The number of nitrogen functional groups attached to an aromatic ring is 1. The highest BCUT2D eigenvalue weighted by Crippen LogP contribution is 2.30. The largest absolute Gasteiger partial charge is 0.381 e. The lowest BCUT2D eigenvalue weighted by Gasteiger charge is -2.33. The van der Waals surface area contributed by atoms with E-state index in [1.165, 1.54) is 0 Å². The fraction of sp³-hybridized carbons (Fsp3) is 0.636. The molecular weight excluding hydrogens is 284 g/mol. The number of nitrogens with two attached hydrogens (primary N) is 1. The molecule has 6 heteroatoms. The van der Waals surface area contributed by atoms with Gasteiger partial charge < -0.3 is 15.8 Å². The van der Waals surface area contributed by atoms with Gasteiger partial charge in [-0.1, -0.05) is 6.92 Å². The summed E-state index contributed by atoms with van der Waals surface area (Å²) in [5.41, 5.74) is 5.83. The van der Waals surface area contributed by atoms with Crippen molar-refractivity contribution in [2.75, 3.05) is 30.8 Å². The fourth-order valence-corrected chi connectivity index (χ4v) is 2.17. The van der Waals surface area contributed by atoms with E-state index in [-0.39, 0.29) is 11.4 Å². The first-order chi connectivity index (χ1) is 8.09. The van der Waals surface area contributed by atoms with Crippen LogP contribution in [0, 0.1) is 5.41 Å². The number of nitrogens with one attached hydrogen (secondary N) is 1. The van der Waals surface area contributed by atoms with Gasteiger partial charge in [-0.15, -0.1) is 0 Å². The second-order valence-electron chi connectivity index (χ2n) is 4.70. The predicted octanol–water partition coefficient (Wildman–Crippen LogP) is 2.05. The number of halogens is 1. The Morgan fingerprint density at radius 3 is 2.94 bits per heavy atom. The molecule has 1 aromatic rings. The quantitative estimate of drug-likeness (QED) is 0.894. The first-order valence-corrected chi connectivity index (χ1v) is 6.48. The molecule has 1 aliphatic rings. The minimum atomic E-state index is 0.261. The second kappa shape index (κ2) is 5.18. The summed E-state index contributed by atoms with van der Waals surface area (Å²) in [5, 5.41) is 3.33. The molecular formula is C11H17BrN4O. The van der Waals surface area contributed by atoms with E-state index in [1.54, 1.807) is 6.20 Å². The average Bonchev–Trinajstić information content (AvgIpc) is 2.31. The van der Waals surface area contributed by atoms with Crippen LogP contribution in [0.3, 0.4) is 0 Å². The molecule has 0 amide bonds. The first-order valence-electron chi connectivity index (χ1n) is 5.69. The smallest absolute Gasteiger partial charge is 0.221 e. The summed E-state index contributed by atoms with van der Waals surface area (Å²) in [7, 11) is 0. The van der Waals surface area contributed by atoms with Crippen molar-refractivity contribution in [3.8, 4) is 0 Å². The van der Waals surface area contributed by atoms with Crippen LogP contribution in [0.1, 0.15) is 19.8 Å². The van der Waals surface area contributed by atoms with Crippen molar-refractivity contribution >= 4 is 27.7 Å². The maximum Gasteiger partial charge on any atom is 0.221 e. The van der Waals surface area contributed by atoms with Gasteiger partial charge in [0, 0.05) is 26.0 Å². The lowest BCUT2D eigenvalue weighted by Crippen LogP contribution is -2.33. The topological polar surface area (TPSA) is 73.1 Å². The Hall–Kier alpha value is -0.880. The molecule has 0 aliphatic carbocycles. The van der Waals surface area contributed by atoms with E-state index in [9.17, 15) is 0 Å². The van der Waals surface area contributed by atoms with Gasteiger partial charge in [-0.25, -0.2) is 4.98 Å². The summed E-state index contributed by atoms with van der Waals surface area (Å²) in [6, 6.07) is 0. The van der Waals surface area contributed by atoms with Gasteiger partial charge in [0.15, 0.2) is 0 Å². The minimum absolute atomic E-state index is 0.261. The van der Waals surface area contributed by atoms with Crippen molar-refractivity contribution in [3.05, 3.63) is 10.7 Å². The van der Waals surface area contributed by atoms with Crippen LogP contribution in [0.2, 0.25) is 0 Å². The monoisotopic (exact) mass is 300 g/mol. The van der Waals surface area contributed by atoms with Gasteiger partial charge in [0.1, 0.15) is 5.82 Å². The molecule has 0 saturated carbocycles. The normalized spacial score (nSPS) is 18.9. The third-order valence-corrected chi connectivity index (χ3v) is 3.73. The van der Waals surface area contributed by atoms with Gasteiger partial charge in [0.05, 0.1) is 4.47 Å². The van der Waals surface area contributed by atoms with E-state index < -0.39 is 0 Å². The van der Waals surface area contributed by atoms with Crippen molar-refractivity contribution in [2.24, 2.45) is 5.41 Å².